The summed E-state index contributed by atoms with van der Waals surface area (Å²) in [5.74, 6) is -0.0150. The zero-order valence-corrected chi connectivity index (χ0v) is 21.7. The Balaban J connectivity index is 2.02. The number of nitrogens with one attached hydrogen (secondary N) is 1. The van der Waals surface area contributed by atoms with Gasteiger partial charge in [0.2, 0.25) is 10.0 Å². The monoisotopic (exact) mass is 526 g/mol. The molecule has 0 bridgehead atoms. The quantitative estimate of drug-likeness (QED) is 0.250. The molecule has 3 rings (SSSR count). The predicted molar refractivity (Wildman–Crippen MR) is 143 cm³/mol. The topological polar surface area (TPSA) is 116 Å². The van der Waals surface area contributed by atoms with E-state index in [2.05, 4.69) is 5.32 Å². The molecule has 1 unspecified atom stereocenters. The van der Waals surface area contributed by atoms with Gasteiger partial charge in [0.05, 0.1) is 11.8 Å². The summed E-state index contributed by atoms with van der Waals surface area (Å²) in [6, 6.07) is 24.9. The van der Waals surface area contributed by atoms with Gasteiger partial charge in [-0.15, -0.1) is 0 Å². The number of aryl methyl sites for hydroxylation is 1. The smallest absolute Gasteiger partial charge is 0.404 e. The number of carboxylic acid groups (broad SMARTS) is 1. The molecule has 0 fully saturated rings. The molecule has 0 saturated heterocycles. The molecule has 3 N–H and O–H groups in total. The van der Waals surface area contributed by atoms with Crippen molar-refractivity contribution in [3.63, 3.8) is 0 Å². The van der Waals surface area contributed by atoms with Gasteiger partial charge < -0.3 is 20.4 Å². The number of sulfonamides is 1. The molecule has 3 aromatic carbocycles. The van der Waals surface area contributed by atoms with Crippen molar-refractivity contribution in [1.29, 1.82) is 0 Å². The number of phenols is 1. The van der Waals surface area contributed by atoms with Crippen molar-refractivity contribution in [2.24, 2.45) is 0 Å². The number of hydrogen-bond acceptors (Lipinski definition) is 5. The summed E-state index contributed by atoms with van der Waals surface area (Å²) in [5, 5.41) is 20.8. The van der Waals surface area contributed by atoms with Crippen molar-refractivity contribution in [2.45, 2.75) is 43.8 Å². The normalized spacial score (nSPS) is 13.1. The number of nitrogens with zero attached hydrogens (tertiary/aromatic N) is 1. The summed E-state index contributed by atoms with van der Waals surface area (Å²) in [7, 11) is -4.05. The molecule has 0 heterocycles. The molecule has 0 aliphatic rings. The number of aromatic hydroxyl groups is 1. The molecular weight excluding hydrogens is 492 g/mol. The van der Waals surface area contributed by atoms with Crippen LogP contribution in [0.3, 0.4) is 0 Å². The molecule has 0 aromatic heterocycles. The first-order chi connectivity index (χ1) is 17.8. The van der Waals surface area contributed by atoms with E-state index in [1.807, 2.05) is 43.3 Å². The number of benzene rings is 3. The minimum Gasteiger partial charge on any atom is -0.508 e. The summed E-state index contributed by atoms with van der Waals surface area (Å²) >= 11 is 0. The molecule has 37 heavy (non-hydrogen) atoms. The Kier molecular flexibility index (Phi) is 10.3. The van der Waals surface area contributed by atoms with Gasteiger partial charge in [-0.2, -0.15) is 0 Å². The van der Waals surface area contributed by atoms with E-state index in [9.17, 15) is 18.3 Å². The van der Waals surface area contributed by atoms with Crippen LogP contribution in [0, 0.1) is 0 Å². The lowest BCUT2D eigenvalue weighted by molar-refractivity contribution is 0.0342. The van der Waals surface area contributed by atoms with Crippen LogP contribution in [-0.2, 0) is 16.4 Å². The van der Waals surface area contributed by atoms with Gasteiger partial charge in [-0.1, -0.05) is 73.7 Å². The maximum atomic E-state index is 14.2. The van der Waals surface area contributed by atoms with Crippen LogP contribution < -0.4 is 10.2 Å². The summed E-state index contributed by atoms with van der Waals surface area (Å²) < 4.78 is 29.5. The Morgan fingerprint density at radius 3 is 2.19 bits per heavy atom. The van der Waals surface area contributed by atoms with Crippen molar-refractivity contribution in [3.05, 3.63) is 96.1 Å². The summed E-state index contributed by atoms with van der Waals surface area (Å²) in [4.78, 5) is 17.0. The molecule has 198 valence electrons. The van der Waals surface area contributed by atoms with E-state index in [4.69, 9.17) is 9.94 Å². The second kappa shape index (κ2) is 13.7. The highest BCUT2D eigenvalue weighted by Crippen LogP contribution is 2.34. The fourth-order valence-electron chi connectivity index (χ4n) is 4.34. The number of amides is 1. The predicted octanol–water partition coefficient (Wildman–Crippen LogP) is 5.17. The zero-order chi connectivity index (χ0) is 26.7. The molecule has 9 heteroatoms. The van der Waals surface area contributed by atoms with Gasteiger partial charge >= 0.3 is 6.09 Å². The Morgan fingerprint density at radius 1 is 0.946 bits per heavy atom. The van der Waals surface area contributed by atoms with Crippen LogP contribution in [0.2, 0.25) is 0 Å². The van der Waals surface area contributed by atoms with Crippen LogP contribution >= 0.6 is 0 Å². The Labute approximate surface area is 218 Å². The number of rotatable bonds is 14. The van der Waals surface area contributed by atoms with Gasteiger partial charge in [-0.3, -0.25) is 0 Å². The van der Waals surface area contributed by atoms with Crippen LogP contribution in [0.4, 0.5) is 4.79 Å². The third kappa shape index (κ3) is 7.96. The van der Waals surface area contributed by atoms with E-state index in [1.165, 1.54) is 0 Å². The second-order valence-corrected chi connectivity index (χ2v) is 10.8. The van der Waals surface area contributed by atoms with Crippen LogP contribution in [0.15, 0.2) is 84.9 Å². The van der Waals surface area contributed by atoms with Crippen molar-refractivity contribution < 1.29 is 28.3 Å². The summed E-state index contributed by atoms with van der Waals surface area (Å²) in [6.07, 6.45) is 0.157. The van der Waals surface area contributed by atoms with Crippen molar-refractivity contribution in [2.75, 3.05) is 13.1 Å². The highest BCUT2D eigenvalue weighted by atomic mass is 32.2. The number of carbonyl (C=O) groups is 1. The third-order valence-electron chi connectivity index (χ3n) is 6.12. The molecule has 2 atom stereocenters. The van der Waals surface area contributed by atoms with Gasteiger partial charge in [0.15, 0.2) is 0 Å². The highest BCUT2D eigenvalue weighted by molar-refractivity contribution is 7.89. The lowest BCUT2D eigenvalue weighted by atomic mass is 9.89. The molecular formula is C28H34N2O6S. The van der Waals surface area contributed by atoms with Crippen molar-refractivity contribution >= 4 is 16.1 Å². The SMILES string of the molecule is CCCN(Oc1ccccc1)S(=O)(=O)[C@@H](CCc1ccccc1O)C(CCNC(=O)O)c1ccccc1. The zero-order valence-electron chi connectivity index (χ0n) is 20.9. The summed E-state index contributed by atoms with van der Waals surface area (Å²) in [5.41, 5.74) is 1.43. The van der Waals surface area contributed by atoms with Crippen LogP contribution in [0.1, 0.15) is 43.2 Å². The van der Waals surface area contributed by atoms with Gasteiger partial charge in [-0.05, 0) is 59.5 Å². The molecule has 0 spiro atoms. The minimum absolute atomic E-state index is 0.0881. The first kappa shape index (κ1) is 28.0. The molecule has 0 radical (unpaired) electrons. The van der Waals surface area contributed by atoms with E-state index < -0.39 is 27.3 Å². The Morgan fingerprint density at radius 2 is 1.57 bits per heavy atom. The van der Waals surface area contributed by atoms with E-state index in [0.717, 1.165) is 10.0 Å². The molecule has 0 saturated carbocycles. The van der Waals surface area contributed by atoms with Gasteiger partial charge in [0, 0.05) is 12.5 Å². The Bertz CT molecular complexity index is 1220. The molecule has 8 nitrogen and oxygen atoms in total. The highest BCUT2D eigenvalue weighted by Gasteiger charge is 2.39. The molecule has 0 aliphatic carbocycles. The third-order valence-corrected chi connectivity index (χ3v) is 8.28. The standard InChI is InChI=1S/C28H34N2O6S/c1-2-21-30(36-24-14-7-4-8-15-24)37(34,35)27(18-17-23-13-9-10-16-26(23)31)25(19-20-29-28(32)33)22-11-5-3-6-12-22/h3-16,25,27,29,31H,2,17-21H2,1H3,(H,32,33)/t25?,27-/m0/s1. The largest absolute Gasteiger partial charge is 0.508 e. The van der Waals surface area contributed by atoms with Crippen LogP contribution in [-0.4, -0.2) is 47.5 Å². The number of phenolic OH excluding ortho intramolecular Hbond substituents is 1. The molecule has 3 aromatic rings. The fraction of sp³-hybridized carbons (Fsp3) is 0.321. The van der Waals surface area contributed by atoms with E-state index in [0.29, 0.717) is 24.2 Å². The van der Waals surface area contributed by atoms with Gasteiger partial charge in [0.25, 0.3) is 0 Å². The molecule has 0 aliphatic heterocycles. The van der Waals surface area contributed by atoms with E-state index >= 15 is 0 Å². The Hall–Kier alpha value is -3.56. The van der Waals surface area contributed by atoms with Gasteiger partial charge in [-0.25, -0.2) is 13.2 Å². The number of para-hydroxylation sites is 2. The maximum Gasteiger partial charge on any atom is 0.404 e. The molecule has 1 amide bonds. The van der Waals surface area contributed by atoms with Gasteiger partial charge in [0.1, 0.15) is 11.5 Å². The van der Waals surface area contributed by atoms with E-state index in [-0.39, 0.29) is 31.7 Å². The number of hydroxylamine groups is 1. The summed E-state index contributed by atoms with van der Waals surface area (Å²) in [6.45, 7) is 2.11. The average Bonchev–Trinajstić information content (AvgIpc) is 2.89. The number of hydrogen-bond donors (Lipinski definition) is 3. The van der Waals surface area contributed by atoms with Crippen LogP contribution in [0.5, 0.6) is 11.5 Å². The maximum absolute atomic E-state index is 14.2. The first-order valence-electron chi connectivity index (χ1n) is 12.4. The van der Waals surface area contributed by atoms with Crippen molar-refractivity contribution in [3.8, 4) is 11.5 Å². The van der Waals surface area contributed by atoms with Crippen molar-refractivity contribution in [1.82, 2.24) is 9.79 Å². The fourth-order valence-corrected chi connectivity index (χ4v) is 6.39. The lowest BCUT2D eigenvalue weighted by Gasteiger charge is -2.32. The second-order valence-electron chi connectivity index (χ2n) is 8.72. The lowest BCUT2D eigenvalue weighted by Crippen LogP contribution is -2.44. The average molecular weight is 527 g/mol. The first-order valence-corrected chi connectivity index (χ1v) is 13.9. The minimum atomic E-state index is -4.05. The van der Waals surface area contributed by atoms with Crippen LogP contribution in [0.25, 0.3) is 0 Å². The van der Waals surface area contributed by atoms with E-state index in [1.54, 1.807) is 48.5 Å².